The molecule has 0 radical (unpaired) electrons. The van der Waals surface area contributed by atoms with Crippen molar-refractivity contribution < 1.29 is 4.21 Å². The molecule has 0 aliphatic carbocycles. The van der Waals surface area contributed by atoms with Crippen molar-refractivity contribution in [3.05, 3.63) is 0 Å². The average Bonchev–Trinajstić information content (AvgIpc) is 0.811. The first-order valence-corrected chi connectivity index (χ1v) is 2.23. The van der Waals surface area contributed by atoms with Crippen molar-refractivity contribution in [2.75, 3.05) is 0 Å². The van der Waals surface area contributed by atoms with E-state index in [9.17, 15) is 4.21 Å². The summed E-state index contributed by atoms with van der Waals surface area (Å²) in [5, 5.41) is 0. The second kappa shape index (κ2) is 1.12. The van der Waals surface area contributed by atoms with Gasteiger partial charge in [-0.25, -0.2) is 4.21 Å². The van der Waals surface area contributed by atoms with Crippen LogP contribution in [0, 0.1) is 0 Å². The second-order valence-corrected chi connectivity index (χ2v) is 1.32. The van der Waals surface area contributed by atoms with E-state index in [0.717, 1.165) is 0 Å². The fourth-order valence-corrected chi connectivity index (χ4v) is 0. The summed E-state index contributed by atoms with van der Waals surface area (Å²) >= 11 is 0. The third-order valence-corrected chi connectivity index (χ3v) is 0. The predicted octanol–water partition coefficient (Wildman–Crippen LogP) is -0.401. The molecule has 0 aromatic carbocycles. The van der Waals surface area contributed by atoms with Gasteiger partial charge in [0.2, 0.25) is 0 Å². The van der Waals surface area contributed by atoms with Gasteiger partial charge in [-0.3, -0.25) is 0 Å². The highest BCUT2D eigenvalue weighted by Gasteiger charge is 1.18. The van der Waals surface area contributed by atoms with Crippen LogP contribution in [-0.4, -0.2) is 15.9 Å². The highest BCUT2D eigenvalue weighted by molar-refractivity contribution is 7.80. The number of hydrogen-bond acceptors (Lipinski definition) is 1. The second-order valence-electron chi connectivity index (χ2n) is 0.440. The van der Waals surface area contributed by atoms with Crippen molar-refractivity contribution >= 4 is 21.7 Å². The molecule has 0 unspecified atom stereocenters. The monoisotopic (exact) mass is 76.0 g/mol. The van der Waals surface area contributed by atoms with Gasteiger partial charge in [0, 0.05) is 0 Å². The molecule has 0 spiro atoms. The summed E-state index contributed by atoms with van der Waals surface area (Å²) in [4.78, 5) is 0. The van der Waals surface area contributed by atoms with Crippen LogP contribution in [0.3, 0.4) is 0 Å². The van der Waals surface area contributed by atoms with Crippen LogP contribution in [0.5, 0.6) is 0 Å². The molecule has 0 aromatic rings. The predicted molar refractivity (Wildman–Crippen MR) is 22.4 cm³/mol. The van der Waals surface area contributed by atoms with E-state index in [-0.39, 0.29) is 0 Å². The topological polar surface area (TPSA) is 17.1 Å². The lowest BCUT2D eigenvalue weighted by Crippen LogP contribution is -1.38. The molecule has 0 heterocycles. The summed E-state index contributed by atoms with van der Waals surface area (Å²) in [5.41, 5.74) is 0. The Morgan fingerprint density at radius 3 is 1.50 bits per heavy atom. The lowest BCUT2D eigenvalue weighted by Gasteiger charge is -1.28. The Bertz CT molecular complexity index is 75.4. The maximum atomic E-state index is 9.33. The van der Waals surface area contributed by atoms with Gasteiger partial charge in [0.15, 0.2) is 0 Å². The van der Waals surface area contributed by atoms with Gasteiger partial charge >= 0.3 is 0 Å². The summed E-state index contributed by atoms with van der Waals surface area (Å²) in [7, 11) is -1.11. The molecule has 0 rings (SSSR count). The third-order valence-electron chi connectivity index (χ3n) is 0. The Kier molecular flexibility index (Phi) is 1.05. The summed E-state index contributed by atoms with van der Waals surface area (Å²) in [6, 6.07) is 0. The first-order valence-electron chi connectivity index (χ1n) is 0.744. The smallest absolute Gasteiger partial charge is 0.00794 e. The van der Waals surface area contributed by atoms with Crippen LogP contribution in [-0.2, 0) is 9.98 Å². The van der Waals surface area contributed by atoms with Crippen LogP contribution >= 0.6 is 0 Å². The molecule has 0 N–H and O–H groups in total. The van der Waals surface area contributed by atoms with Crippen LogP contribution in [0.4, 0.5) is 0 Å². The molecule has 0 aliphatic rings. The molecule has 0 aromatic heterocycles. The zero-order chi connectivity index (χ0) is 3.58. The standard InChI is InChI=1S/C2H4OS/c1-4(2)3/h1-2H2. The van der Waals surface area contributed by atoms with Gasteiger partial charge in [-0.1, -0.05) is 0 Å². The van der Waals surface area contributed by atoms with Crippen molar-refractivity contribution in [2.24, 2.45) is 0 Å². The maximum absolute atomic E-state index is 9.33. The first kappa shape index (κ1) is 3.76. The minimum absolute atomic E-state index is 1.11. The summed E-state index contributed by atoms with van der Waals surface area (Å²) < 4.78 is 9.33. The van der Waals surface area contributed by atoms with E-state index in [1.54, 1.807) is 0 Å². The molecule has 24 valence electrons. The Labute approximate surface area is 26.9 Å². The molecular weight excluding hydrogens is 72.1 g/mol. The molecule has 0 saturated heterocycles. The van der Waals surface area contributed by atoms with Gasteiger partial charge in [-0.15, -0.1) is 0 Å². The average molecular weight is 76.1 g/mol. The Balaban J connectivity index is 4.65. The summed E-state index contributed by atoms with van der Waals surface area (Å²) in [5.74, 6) is 6.00. The highest BCUT2D eigenvalue weighted by Crippen LogP contribution is 1.09. The summed E-state index contributed by atoms with van der Waals surface area (Å²) in [6.07, 6.45) is 0. The fraction of sp³-hybridized carbons (Fsp3) is 0. The van der Waals surface area contributed by atoms with Gasteiger partial charge in [0.1, 0.15) is 0 Å². The van der Waals surface area contributed by atoms with Crippen molar-refractivity contribution in [1.29, 1.82) is 0 Å². The van der Waals surface area contributed by atoms with Crippen LogP contribution in [0.15, 0.2) is 0 Å². The molecule has 2 heteroatoms. The van der Waals surface area contributed by atoms with Crippen LogP contribution in [0.2, 0.25) is 0 Å². The molecule has 0 aliphatic heterocycles. The van der Waals surface area contributed by atoms with Crippen molar-refractivity contribution in [1.82, 2.24) is 0 Å². The van der Waals surface area contributed by atoms with Crippen molar-refractivity contribution in [3.63, 3.8) is 0 Å². The largest absolute Gasteiger partial charge is 0.226 e. The minimum atomic E-state index is -1.11. The van der Waals surface area contributed by atoms with Crippen molar-refractivity contribution in [2.45, 2.75) is 0 Å². The summed E-state index contributed by atoms with van der Waals surface area (Å²) in [6.45, 7) is 0. The van der Waals surface area contributed by atoms with E-state index in [1.807, 2.05) is 0 Å². The quantitative estimate of drug-likeness (QED) is 0.359. The SMILES string of the molecule is C=S(=C)=O. The van der Waals surface area contributed by atoms with Crippen LogP contribution in [0.1, 0.15) is 0 Å². The Hall–Kier alpha value is -0.240. The molecule has 0 fully saturated rings. The number of hydrogen-bond donors (Lipinski definition) is 0. The molecule has 4 heavy (non-hydrogen) atoms. The van der Waals surface area contributed by atoms with E-state index < -0.39 is 9.98 Å². The molecule has 0 saturated carbocycles. The van der Waals surface area contributed by atoms with E-state index in [4.69, 9.17) is 0 Å². The molecule has 0 bridgehead atoms. The molecular formula is C2H4OS. The van der Waals surface area contributed by atoms with Gasteiger partial charge in [-0.05, 0) is 21.7 Å². The zero-order valence-corrected chi connectivity index (χ0v) is 3.05. The first-order chi connectivity index (χ1) is 1.73. The van der Waals surface area contributed by atoms with E-state index in [1.165, 1.54) is 0 Å². The minimum Gasteiger partial charge on any atom is -0.226 e. The van der Waals surface area contributed by atoms with Gasteiger partial charge in [-0.2, -0.15) is 0 Å². The Morgan fingerprint density at radius 2 is 1.50 bits per heavy atom. The van der Waals surface area contributed by atoms with Crippen LogP contribution < -0.4 is 0 Å². The highest BCUT2D eigenvalue weighted by atomic mass is 32.1. The van der Waals surface area contributed by atoms with Crippen LogP contribution in [0.25, 0.3) is 0 Å². The third kappa shape index (κ3) is 17.6. The zero-order valence-electron chi connectivity index (χ0n) is 2.23. The van der Waals surface area contributed by atoms with Crippen molar-refractivity contribution in [3.8, 4) is 0 Å². The van der Waals surface area contributed by atoms with Gasteiger partial charge in [0.25, 0.3) is 0 Å². The van der Waals surface area contributed by atoms with Gasteiger partial charge < -0.3 is 0 Å². The molecule has 0 amide bonds. The molecule has 1 nitrogen and oxygen atoms in total. The van der Waals surface area contributed by atoms with E-state index in [0.29, 0.717) is 0 Å². The lowest BCUT2D eigenvalue weighted by molar-refractivity contribution is 0.700. The fourth-order valence-electron chi connectivity index (χ4n) is 0. The normalized spacial score (nSPS) is 6.00. The van der Waals surface area contributed by atoms with Gasteiger partial charge in [0.05, 0.1) is 0 Å². The van der Waals surface area contributed by atoms with E-state index >= 15 is 0 Å². The Morgan fingerprint density at radius 1 is 1.50 bits per heavy atom. The maximum Gasteiger partial charge on any atom is -0.00794 e. The molecule has 0 atom stereocenters. The lowest BCUT2D eigenvalue weighted by atomic mass is 12.0. The van der Waals surface area contributed by atoms with E-state index in [2.05, 4.69) is 11.7 Å². The number of rotatable bonds is 0.